The molecule has 1 aliphatic rings. The van der Waals surface area contributed by atoms with E-state index in [4.69, 9.17) is 4.74 Å². The van der Waals surface area contributed by atoms with Gasteiger partial charge in [-0.25, -0.2) is 9.59 Å². The third kappa shape index (κ3) is 1.90. The Morgan fingerprint density at radius 3 is 2.56 bits per heavy atom. The van der Waals surface area contributed by atoms with Gasteiger partial charge in [-0.3, -0.25) is 0 Å². The van der Waals surface area contributed by atoms with Gasteiger partial charge in [0.1, 0.15) is 5.57 Å². The average molecular weight is 246 g/mol. The third-order valence-electron chi connectivity index (χ3n) is 3.07. The number of carbonyl (C=O) groups excluding carboxylic acids is 2. The Morgan fingerprint density at radius 2 is 2.00 bits per heavy atom. The van der Waals surface area contributed by atoms with Crippen LogP contribution in [-0.2, 0) is 24.7 Å². The van der Waals surface area contributed by atoms with Crippen LogP contribution in [0.5, 0.6) is 0 Å². The molecule has 1 atom stereocenters. The van der Waals surface area contributed by atoms with Gasteiger partial charge in [-0.2, -0.15) is 0 Å². The zero-order valence-corrected chi connectivity index (χ0v) is 10.3. The zero-order valence-electron chi connectivity index (χ0n) is 10.3. The van der Waals surface area contributed by atoms with Crippen LogP contribution in [0, 0.1) is 0 Å². The zero-order chi connectivity index (χ0) is 13.2. The summed E-state index contributed by atoms with van der Waals surface area (Å²) in [6, 6.07) is 9.35. The Kier molecular flexibility index (Phi) is 3.19. The van der Waals surface area contributed by atoms with Crippen LogP contribution in [0.3, 0.4) is 0 Å². The molecule has 0 saturated carbocycles. The van der Waals surface area contributed by atoms with Gasteiger partial charge in [0, 0.05) is 0 Å². The number of ether oxygens (including phenoxy) is 2. The van der Waals surface area contributed by atoms with E-state index < -0.39 is 17.5 Å². The lowest BCUT2D eigenvalue weighted by molar-refractivity contribution is -0.150. The maximum absolute atomic E-state index is 11.7. The second-order valence-electron chi connectivity index (χ2n) is 4.05. The first kappa shape index (κ1) is 12.4. The minimum absolute atomic E-state index is 0.0387. The minimum atomic E-state index is -0.859. The maximum Gasteiger partial charge on any atom is 0.346 e. The second-order valence-corrected chi connectivity index (χ2v) is 4.05. The van der Waals surface area contributed by atoms with Gasteiger partial charge in [0.15, 0.2) is 5.60 Å². The minimum Gasteiger partial charge on any atom is -0.465 e. The highest BCUT2D eigenvalue weighted by molar-refractivity contribution is 6.15. The van der Waals surface area contributed by atoms with Gasteiger partial charge in [0.05, 0.1) is 7.11 Å². The van der Waals surface area contributed by atoms with E-state index >= 15 is 0 Å². The molecule has 0 bridgehead atoms. The number of methoxy groups -OCH3 is 1. The molecule has 18 heavy (non-hydrogen) atoms. The maximum atomic E-state index is 11.7. The van der Waals surface area contributed by atoms with Crippen LogP contribution >= 0.6 is 0 Å². The van der Waals surface area contributed by atoms with Crippen molar-refractivity contribution >= 4 is 11.9 Å². The van der Waals surface area contributed by atoms with Crippen molar-refractivity contribution in [2.24, 2.45) is 0 Å². The predicted octanol–water partition coefficient (Wildman–Crippen LogP) is 1.95. The standard InChI is InChI=1S/C14H14O4/c1-3-14(10-7-5-4-6-8-10)9-11(12(15)17-2)13(16)18-14/h4-9H,3H2,1-2H3. The average Bonchev–Trinajstić information content (AvgIpc) is 2.77. The molecule has 4 heteroatoms. The molecule has 1 aliphatic heterocycles. The van der Waals surface area contributed by atoms with Gasteiger partial charge in [-0.05, 0) is 18.1 Å². The fourth-order valence-corrected chi connectivity index (χ4v) is 2.04. The Morgan fingerprint density at radius 1 is 1.33 bits per heavy atom. The summed E-state index contributed by atoms with van der Waals surface area (Å²) in [6.07, 6.45) is 2.11. The third-order valence-corrected chi connectivity index (χ3v) is 3.07. The van der Waals surface area contributed by atoms with Crippen LogP contribution in [-0.4, -0.2) is 19.0 Å². The summed E-state index contributed by atoms with van der Waals surface area (Å²) in [7, 11) is 1.24. The fraction of sp³-hybridized carbons (Fsp3) is 0.286. The van der Waals surface area contributed by atoms with Crippen molar-refractivity contribution in [2.75, 3.05) is 7.11 Å². The predicted molar refractivity (Wildman–Crippen MR) is 64.6 cm³/mol. The van der Waals surface area contributed by atoms with Crippen molar-refractivity contribution in [1.29, 1.82) is 0 Å². The lowest BCUT2D eigenvalue weighted by Gasteiger charge is -2.25. The van der Waals surface area contributed by atoms with Crippen molar-refractivity contribution in [3.63, 3.8) is 0 Å². The SMILES string of the molecule is CCC1(c2ccccc2)C=C(C(=O)OC)C(=O)O1. The van der Waals surface area contributed by atoms with E-state index in [1.54, 1.807) is 6.08 Å². The number of rotatable bonds is 3. The Bertz CT molecular complexity index is 504. The largest absolute Gasteiger partial charge is 0.465 e. The molecule has 1 aromatic rings. The normalized spacial score (nSPS) is 22.3. The smallest absolute Gasteiger partial charge is 0.346 e. The fourth-order valence-electron chi connectivity index (χ4n) is 2.04. The molecule has 0 N–H and O–H groups in total. The van der Waals surface area contributed by atoms with Crippen molar-refractivity contribution in [3.8, 4) is 0 Å². The Hall–Kier alpha value is -2.10. The first-order chi connectivity index (χ1) is 8.63. The van der Waals surface area contributed by atoms with Crippen molar-refractivity contribution < 1.29 is 19.1 Å². The number of esters is 2. The molecule has 1 aromatic carbocycles. The van der Waals surface area contributed by atoms with Gasteiger partial charge in [0.2, 0.25) is 0 Å². The molecular weight excluding hydrogens is 232 g/mol. The van der Waals surface area contributed by atoms with Gasteiger partial charge < -0.3 is 9.47 Å². The molecule has 0 amide bonds. The topological polar surface area (TPSA) is 52.6 Å². The van der Waals surface area contributed by atoms with Gasteiger partial charge in [0.25, 0.3) is 0 Å². The molecule has 0 aliphatic carbocycles. The Labute approximate surface area is 105 Å². The summed E-state index contributed by atoms with van der Waals surface area (Å²) < 4.78 is 9.96. The van der Waals surface area contributed by atoms with E-state index in [9.17, 15) is 9.59 Å². The van der Waals surface area contributed by atoms with Crippen LogP contribution < -0.4 is 0 Å². The van der Waals surface area contributed by atoms with E-state index in [1.807, 2.05) is 37.3 Å². The summed E-state index contributed by atoms with van der Waals surface area (Å²) in [5, 5.41) is 0. The van der Waals surface area contributed by atoms with Crippen molar-refractivity contribution in [1.82, 2.24) is 0 Å². The molecule has 94 valence electrons. The number of carbonyl (C=O) groups is 2. The summed E-state index contributed by atoms with van der Waals surface area (Å²) in [5.74, 6) is -1.29. The first-order valence-electron chi connectivity index (χ1n) is 5.73. The highest BCUT2D eigenvalue weighted by Gasteiger charge is 2.42. The monoisotopic (exact) mass is 246 g/mol. The molecule has 2 rings (SSSR count). The second kappa shape index (κ2) is 4.64. The molecule has 0 saturated heterocycles. The van der Waals surface area contributed by atoms with E-state index in [0.29, 0.717) is 6.42 Å². The first-order valence-corrected chi connectivity index (χ1v) is 5.73. The van der Waals surface area contributed by atoms with Crippen molar-refractivity contribution in [3.05, 3.63) is 47.5 Å². The molecule has 1 heterocycles. The number of cyclic esters (lactones) is 1. The number of hydrogen-bond donors (Lipinski definition) is 0. The summed E-state index contributed by atoms with van der Waals surface area (Å²) in [4.78, 5) is 23.2. The number of benzene rings is 1. The van der Waals surface area contributed by atoms with Crippen molar-refractivity contribution in [2.45, 2.75) is 18.9 Å². The summed E-state index contributed by atoms with van der Waals surface area (Å²) in [5.41, 5.74) is -0.0510. The van der Waals surface area contributed by atoms with Crippen LogP contribution in [0.2, 0.25) is 0 Å². The van der Waals surface area contributed by atoms with Gasteiger partial charge in [-0.1, -0.05) is 37.3 Å². The molecule has 0 radical (unpaired) electrons. The molecular formula is C14H14O4. The van der Waals surface area contributed by atoms with E-state index in [1.165, 1.54) is 7.11 Å². The number of hydrogen-bond acceptors (Lipinski definition) is 4. The Balaban J connectivity index is 2.45. The quantitative estimate of drug-likeness (QED) is 0.604. The lowest BCUT2D eigenvalue weighted by Crippen LogP contribution is -2.24. The van der Waals surface area contributed by atoms with E-state index in [0.717, 1.165) is 5.56 Å². The van der Waals surface area contributed by atoms with Crippen LogP contribution in [0.4, 0.5) is 0 Å². The highest BCUT2D eigenvalue weighted by atomic mass is 16.6. The van der Waals surface area contributed by atoms with Crippen LogP contribution in [0.25, 0.3) is 0 Å². The highest BCUT2D eigenvalue weighted by Crippen LogP contribution is 2.37. The molecule has 4 nitrogen and oxygen atoms in total. The van der Waals surface area contributed by atoms with E-state index in [-0.39, 0.29) is 5.57 Å². The van der Waals surface area contributed by atoms with E-state index in [2.05, 4.69) is 4.74 Å². The van der Waals surface area contributed by atoms with Gasteiger partial charge in [-0.15, -0.1) is 0 Å². The van der Waals surface area contributed by atoms with Gasteiger partial charge >= 0.3 is 11.9 Å². The molecule has 0 fully saturated rings. The van der Waals surface area contributed by atoms with Crippen LogP contribution in [0.15, 0.2) is 42.0 Å². The molecule has 0 aromatic heterocycles. The molecule has 0 spiro atoms. The summed E-state index contributed by atoms with van der Waals surface area (Å²) in [6.45, 7) is 1.90. The lowest BCUT2D eigenvalue weighted by atomic mass is 9.90. The summed E-state index contributed by atoms with van der Waals surface area (Å²) >= 11 is 0. The van der Waals surface area contributed by atoms with Crippen LogP contribution in [0.1, 0.15) is 18.9 Å². The molecule has 1 unspecified atom stereocenters.